The minimum atomic E-state index is 0.0544. The molecule has 18 heavy (non-hydrogen) atoms. The molecule has 0 aromatic carbocycles. The van der Waals surface area contributed by atoms with Gasteiger partial charge >= 0.3 is 0 Å². The van der Waals surface area contributed by atoms with Gasteiger partial charge in [0.1, 0.15) is 0 Å². The average molecular weight is 262 g/mol. The summed E-state index contributed by atoms with van der Waals surface area (Å²) < 4.78 is 0. The van der Waals surface area contributed by atoms with Gasteiger partial charge in [-0.2, -0.15) is 5.26 Å². The van der Waals surface area contributed by atoms with Crippen molar-refractivity contribution in [2.75, 3.05) is 20.2 Å². The van der Waals surface area contributed by atoms with Gasteiger partial charge in [0.05, 0.1) is 18.6 Å². The fraction of sp³-hybridized carbons (Fsp3) is 0.500. The predicted molar refractivity (Wildman–Crippen MR) is 74.0 cm³/mol. The molecular formula is C14H18N2OS. The molecule has 0 aliphatic rings. The van der Waals surface area contributed by atoms with Crippen LogP contribution in [0, 0.1) is 29.1 Å². The molecule has 0 aliphatic heterocycles. The van der Waals surface area contributed by atoms with Crippen LogP contribution in [0.25, 0.3) is 0 Å². The molecule has 96 valence electrons. The summed E-state index contributed by atoms with van der Waals surface area (Å²) in [4.78, 5) is 3.39. The molecule has 1 unspecified atom stereocenters. The van der Waals surface area contributed by atoms with Crippen LogP contribution >= 0.6 is 11.3 Å². The second-order valence-electron chi connectivity index (χ2n) is 4.30. The largest absolute Gasteiger partial charge is 0.395 e. The van der Waals surface area contributed by atoms with Crippen molar-refractivity contribution in [3.05, 3.63) is 21.9 Å². The van der Waals surface area contributed by atoms with Gasteiger partial charge in [0.2, 0.25) is 0 Å². The van der Waals surface area contributed by atoms with Gasteiger partial charge < -0.3 is 10.0 Å². The van der Waals surface area contributed by atoms with Gasteiger partial charge in [-0.05, 0) is 20.0 Å². The molecule has 0 radical (unpaired) electrons. The molecule has 1 atom stereocenters. The van der Waals surface area contributed by atoms with E-state index in [-0.39, 0.29) is 12.5 Å². The zero-order valence-electron chi connectivity index (χ0n) is 10.8. The van der Waals surface area contributed by atoms with E-state index >= 15 is 0 Å². The van der Waals surface area contributed by atoms with Crippen molar-refractivity contribution in [2.45, 2.75) is 19.9 Å². The summed E-state index contributed by atoms with van der Waals surface area (Å²) in [5, 5.41) is 19.4. The van der Waals surface area contributed by atoms with Crippen LogP contribution in [-0.4, -0.2) is 30.2 Å². The van der Waals surface area contributed by atoms with Crippen molar-refractivity contribution >= 4 is 11.3 Å². The first-order valence-corrected chi connectivity index (χ1v) is 6.79. The Bertz CT molecular complexity index is 464. The normalized spacial score (nSPS) is 11.7. The SMILES string of the molecule is CC(C#N)CN(C)Cc1cc(C#CCCO)cs1. The molecule has 0 aliphatic carbocycles. The Morgan fingerprint density at radius 2 is 2.33 bits per heavy atom. The second-order valence-corrected chi connectivity index (χ2v) is 5.30. The number of hydrogen-bond donors (Lipinski definition) is 1. The number of thiophene rings is 1. The summed E-state index contributed by atoms with van der Waals surface area (Å²) >= 11 is 1.68. The first-order chi connectivity index (χ1) is 8.65. The van der Waals surface area contributed by atoms with E-state index in [4.69, 9.17) is 10.4 Å². The number of nitrogens with zero attached hydrogens (tertiary/aromatic N) is 2. The van der Waals surface area contributed by atoms with Crippen molar-refractivity contribution in [3.63, 3.8) is 0 Å². The third-order valence-corrected chi connectivity index (χ3v) is 3.28. The lowest BCUT2D eigenvalue weighted by atomic mass is 10.2. The van der Waals surface area contributed by atoms with Gasteiger partial charge in [-0.25, -0.2) is 0 Å². The van der Waals surface area contributed by atoms with Crippen LogP contribution in [0.5, 0.6) is 0 Å². The molecule has 1 aromatic heterocycles. The van der Waals surface area contributed by atoms with Crippen LogP contribution in [-0.2, 0) is 6.54 Å². The lowest BCUT2D eigenvalue weighted by molar-refractivity contribution is 0.305. The number of rotatable bonds is 5. The van der Waals surface area contributed by atoms with Crippen LogP contribution in [0.1, 0.15) is 23.8 Å². The first-order valence-electron chi connectivity index (χ1n) is 5.91. The Morgan fingerprint density at radius 1 is 1.56 bits per heavy atom. The van der Waals surface area contributed by atoms with E-state index in [9.17, 15) is 0 Å². The van der Waals surface area contributed by atoms with E-state index in [1.54, 1.807) is 11.3 Å². The minimum Gasteiger partial charge on any atom is -0.395 e. The number of hydrogen-bond acceptors (Lipinski definition) is 4. The molecule has 1 N–H and O–H groups in total. The molecular weight excluding hydrogens is 244 g/mol. The molecule has 0 fully saturated rings. The summed E-state index contributed by atoms with van der Waals surface area (Å²) in [6, 6.07) is 4.31. The maximum absolute atomic E-state index is 8.76. The summed E-state index contributed by atoms with van der Waals surface area (Å²) in [7, 11) is 2.02. The van der Waals surface area contributed by atoms with E-state index in [2.05, 4.69) is 28.9 Å². The summed E-state index contributed by atoms with van der Waals surface area (Å²) in [6.07, 6.45) is 0.519. The Labute approximate surface area is 113 Å². The highest BCUT2D eigenvalue weighted by atomic mass is 32.1. The molecule has 0 bridgehead atoms. The summed E-state index contributed by atoms with van der Waals surface area (Å²) in [6.45, 7) is 3.66. The van der Waals surface area contributed by atoms with E-state index in [1.807, 2.05) is 19.4 Å². The van der Waals surface area contributed by atoms with E-state index in [0.29, 0.717) is 6.42 Å². The fourth-order valence-electron chi connectivity index (χ4n) is 1.59. The van der Waals surface area contributed by atoms with Crippen molar-refractivity contribution < 1.29 is 5.11 Å². The highest BCUT2D eigenvalue weighted by Gasteiger charge is 2.07. The van der Waals surface area contributed by atoms with E-state index < -0.39 is 0 Å². The van der Waals surface area contributed by atoms with Gasteiger partial charge in [0.15, 0.2) is 0 Å². The maximum atomic E-state index is 8.76. The van der Waals surface area contributed by atoms with Crippen LogP contribution in [0.3, 0.4) is 0 Å². The van der Waals surface area contributed by atoms with E-state index in [1.165, 1.54) is 4.88 Å². The quantitative estimate of drug-likeness (QED) is 0.826. The molecule has 0 saturated carbocycles. The fourth-order valence-corrected chi connectivity index (χ4v) is 2.48. The average Bonchev–Trinajstić information content (AvgIpc) is 2.76. The maximum Gasteiger partial charge on any atom is 0.0666 e. The first kappa shape index (κ1) is 14.7. The Hall–Kier alpha value is -1.33. The highest BCUT2D eigenvalue weighted by molar-refractivity contribution is 7.10. The Balaban J connectivity index is 2.49. The van der Waals surface area contributed by atoms with Crippen molar-refractivity contribution in [3.8, 4) is 17.9 Å². The lowest BCUT2D eigenvalue weighted by Gasteiger charge is -2.16. The van der Waals surface area contributed by atoms with Crippen LogP contribution in [0.4, 0.5) is 0 Å². The molecule has 0 spiro atoms. The second kappa shape index (κ2) is 7.89. The van der Waals surface area contributed by atoms with Gasteiger partial charge in [0, 0.05) is 35.3 Å². The zero-order valence-corrected chi connectivity index (χ0v) is 11.6. The molecule has 1 rings (SSSR count). The zero-order chi connectivity index (χ0) is 13.4. The molecule has 0 saturated heterocycles. The van der Waals surface area contributed by atoms with Gasteiger partial charge in [-0.15, -0.1) is 11.3 Å². The smallest absolute Gasteiger partial charge is 0.0666 e. The molecule has 3 nitrogen and oxygen atoms in total. The van der Waals surface area contributed by atoms with Gasteiger partial charge in [0.25, 0.3) is 0 Å². The van der Waals surface area contributed by atoms with Gasteiger partial charge in [-0.3, -0.25) is 0 Å². The molecule has 4 heteroatoms. The number of nitriles is 1. The number of aliphatic hydroxyl groups excluding tert-OH is 1. The summed E-state index contributed by atoms with van der Waals surface area (Å²) in [5.41, 5.74) is 1.00. The van der Waals surface area contributed by atoms with Gasteiger partial charge in [-0.1, -0.05) is 11.8 Å². The standard InChI is InChI=1S/C14H18N2OS/c1-12(8-15)9-16(2)10-14-7-13(11-18-14)5-3-4-6-17/h7,11-12,17H,4,6,9-10H2,1-2H3. The van der Waals surface area contributed by atoms with Crippen molar-refractivity contribution in [2.24, 2.45) is 5.92 Å². The summed E-state index contributed by atoms with van der Waals surface area (Å²) in [5.74, 6) is 5.98. The van der Waals surface area contributed by atoms with Crippen molar-refractivity contribution in [1.29, 1.82) is 5.26 Å². The Morgan fingerprint density at radius 3 is 3.00 bits per heavy atom. The van der Waals surface area contributed by atoms with Crippen LogP contribution < -0.4 is 0 Å². The third kappa shape index (κ3) is 5.33. The van der Waals surface area contributed by atoms with E-state index in [0.717, 1.165) is 18.7 Å². The van der Waals surface area contributed by atoms with Crippen LogP contribution in [0.15, 0.2) is 11.4 Å². The molecule has 1 heterocycles. The molecule has 1 aromatic rings. The Kier molecular flexibility index (Phi) is 6.46. The predicted octanol–water partition coefficient (Wildman–Crippen LogP) is 2.07. The third-order valence-electron chi connectivity index (χ3n) is 2.35. The monoisotopic (exact) mass is 262 g/mol. The highest BCUT2D eigenvalue weighted by Crippen LogP contribution is 2.16. The topological polar surface area (TPSA) is 47.3 Å². The number of aliphatic hydroxyl groups is 1. The lowest BCUT2D eigenvalue weighted by Crippen LogP contribution is -2.22. The van der Waals surface area contributed by atoms with Crippen molar-refractivity contribution in [1.82, 2.24) is 4.90 Å². The minimum absolute atomic E-state index is 0.0544. The molecule has 0 amide bonds. The van der Waals surface area contributed by atoms with Crippen LogP contribution in [0.2, 0.25) is 0 Å².